The predicted molar refractivity (Wildman–Crippen MR) is 56.3 cm³/mol. The highest BCUT2D eigenvalue weighted by Crippen LogP contribution is 2.24. The number of aryl methyl sites for hydroxylation is 1. The molecule has 90 valence electrons. The molecule has 0 heterocycles. The Morgan fingerprint density at radius 3 is 2.50 bits per heavy atom. The van der Waals surface area contributed by atoms with Gasteiger partial charge in [0.25, 0.3) is 0 Å². The van der Waals surface area contributed by atoms with Gasteiger partial charge in [0.1, 0.15) is 5.82 Å². The lowest BCUT2D eigenvalue weighted by molar-refractivity contribution is 0.379. The number of methoxy groups -OCH3 is 1. The van der Waals surface area contributed by atoms with Crippen molar-refractivity contribution in [1.82, 2.24) is 0 Å². The van der Waals surface area contributed by atoms with Crippen molar-refractivity contribution in [2.24, 2.45) is 0 Å². The largest absolute Gasteiger partial charge is 0.493 e. The number of benzene rings is 1. The third-order valence-corrected chi connectivity index (χ3v) is 3.06. The smallest absolute Gasteiger partial charge is 0.232 e. The highest BCUT2D eigenvalue weighted by molar-refractivity contribution is 8.13. The van der Waals surface area contributed by atoms with E-state index < -0.39 is 26.4 Å². The SMILES string of the molecule is COc1c(F)cc(F)cc1CCS(=O)(=O)Cl. The van der Waals surface area contributed by atoms with Gasteiger partial charge in [-0.05, 0) is 12.5 Å². The first-order valence-corrected chi connectivity index (χ1v) is 6.75. The monoisotopic (exact) mass is 270 g/mol. The van der Waals surface area contributed by atoms with E-state index in [0.29, 0.717) is 6.07 Å². The van der Waals surface area contributed by atoms with E-state index >= 15 is 0 Å². The van der Waals surface area contributed by atoms with Crippen LogP contribution in [-0.4, -0.2) is 21.3 Å². The fourth-order valence-corrected chi connectivity index (χ4v) is 1.95. The van der Waals surface area contributed by atoms with E-state index in [2.05, 4.69) is 0 Å². The highest BCUT2D eigenvalue weighted by atomic mass is 35.7. The molecule has 0 aromatic heterocycles. The van der Waals surface area contributed by atoms with Crippen LogP contribution in [0.2, 0.25) is 0 Å². The second kappa shape index (κ2) is 4.97. The molecule has 0 bridgehead atoms. The van der Waals surface area contributed by atoms with E-state index in [-0.39, 0.29) is 17.7 Å². The molecule has 7 heteroatoms. The van der Waals surface area contributed by atoms with Crippen molar-refractivity contribution in [3.8, 4) is 5.75 Å². The second-order valence-electron chi connectivity index (χ2n) is 3.07. The van der Waals surface area contributed by atoms with Crippen molar-refractivity contribution in [1.29, 1.82) is 0 Å². The molecule has 0 spiro atoms. The summed E-state index contributed by atoms with van der Waals surface area (Å²) < 4.78 is 52.2. The minimum absolute atomic E-state index is 0.107. The maximum Gasteiger partial charge on any atom is 0.232 e. The molecule has 1 aromatic rings. The molecule has 0 saturated carbocycles. The molecule has 1 rings (SSSR count). The third-order valence-electron chi connectivity index (χ3n) is 1.90. The van der Waals surface area contributed by atoms with Crippen LogP contribution in [-0.2, 0) is 15.5 Å². The Hall–Kier alpha value is -0.880. The second-order valence-corrected chi connectivity index (χ2v) is 5.97. The van der Waals surface area contributed by atoms with Crippen LogP contribution in [0.4, 0.5) is 8.78 Å². The molecule has 0 amide bonds. The molecule has 0 saturated heterocycles. The average Bonchev–Trinajstić information content (AvgIpc) is 2.12. The number of halogens is 3. The number of hydrogen-bond donors (Lipinski definition) is 0. The Labute approximate surface area is 96.4 Å². The van der Waals surface area contributed by atoms with Crippen LogP contribution in [0.1, 0.15) is 5.56 Å². The molecule has 0 fully saturated rings. The molecule has 0 aliphatic rings. The van der Waals surface area contributed by atoms with Crippen LogP contribution in [0.5, 0.6) is 5.75 Å². The minimum Gasteiger partial charge on any atom is -0.493 e. The van der Waals surface area contributed by atoms with Gasteiger partial charge in [0.15, 0.2) is 11.6 Å². The van der Waals surface area contributed by atoms with Gasteiger partial charge in [0, 0.05) is 22.3 Å². The molecular formula is C9H9ClF2O3S. The van der Waals surface area contributed by atoms with Gasteiger partial charge in [0.05, 0.1) is 12.9 Å². The highest BCUT2D eigenvalue weighted by Gasteiger charge is 2.14. The van der Waals surface area contributed by atoms with E-state index in [1.165, 1.54) is 7.11 Å². The summed E-state index contributed by atoms with van der Waals surface area (Å²) in [5.41, 5.74) is 0.129. The molecule has 1 aromatic carbocycles. The van der Waals surface area contributed by atoms with Crippen LogP contribution in [0.25, 0.3) is 0 Å². The lowest BCUT2D eigenvalue weighted by Gasteiger charge is -2.08. The van der Waals surface area contributed by atoms with E-state index in [1.807, 2.05) is 0 Å². The minimum atomic E-state index is -3.70. The van der Waals surface area contributed by atoms with Crippen LogP contribution in [0, 0.1) is 11.6 Å². The topological polar surface area (TPSA) is 43.4 Å². The Kier molecular flexibility index (Phi) is 4.09. The van der Waals surface area contributed by atoms with Gasteiger partial charge in [0.2, 0.25) is 9.05 Å². The van der Waals surface area contributed by atoms with Gasteiger partial charge in [-0.15, -0.1) is 0 Å². The molecule has 16 heavy (non-hydrogen) atoms. The molecule has 0 radical (unpaired) electrons. The number of hydrogen-bond acceptors (Lipinski definition) is 3. The van der Waals surface area contributed by atoms with Gasteiger partial charge in [-0.25, -0.2) is 17.2 Å². The van der Waals surface area contributed by atoms with Crippen LogP contribution >= 0.6 is 10.7 Å². The molecule has 0 aliphatic carbocycles. The van der Waals surface area contributed by atoms with E-state index in [9.17, 15) is 17.2 Å². The standard InChI is InChI=1S/C9H9ClF2O3S/c1-15-9-6(2-3-16(10,13)14)4-7(11)5-8(9)12/h4-5H,2-3H2,1H3. The summed E-state index contributed by atoms with van der Waals surface area (Å²) in [6.45, 7) is 0. The summed E-state index contributed by atoms with van der Waals surface area (Å²) in [5.74, 6) is -2.24. The summed E-state index contributed by atoms with van der Waals surface area (Å²) in [5, 5.41) is 0. The van der Waals surface area contributed by atoms with Gasteiger partial charge in [-0.1, -0.05) is 0 Å². The lowest BCUT2D eigenvalue weighted by atomic mass is 10.1. The molecule has 0 aliphatic heterocycles. The first-order valence-electron chi connectivity index (χ1n) is 4.27. The Balaban J connectivity index is 3.03. The number of ether oxygens (including phenoxy) is 1. The fourth-order valence-electron chi connectivity index (χ4n) is 1.26. The van der Waals surface area contributed by atoms with Crippen LogP contribution < -0.4 is 4.74 Å². The van der Waals surface area contributed by atoms with Crippen molar-refractivity contribution in [2.75, 3.05) is 12.9 Å². The van der Waals surface area contributed by atoms with Crippen molar-refractivity contribution in [2.45, 2.75) is 6.42 Å². The summed E-state index contributed by atoms with van der Waals surface area (Å²) in [7, 11) is 2.52. The molecular weight excluding hydrogens is 262 g/mol. The Morgan fingerprint density at radius 1 is 1.38 bits per heavy atom. The van der Waals surface area contributed by atoms with E-state index in [0.717, 1.165) is 6.07 Å². The summed E-state index contributed by atoms with van der Waals surface area (Å²) in [6, 6.07) is 1.68. The van der Waals surface area contributed by atoms with Crippen molar-refractivity contribution in [3.63, 3.8) is 0 Å². The average molecular weight is 271 g/mol. The Bertz CT molecular complexity index is 488. The maximum absolute atomic E-state index is 13.2. The first kappa shape index (κ1) is 13.2. The molecule has 0 N–H and O–H groups in total. The summed E-state index contributed by atoms with van der Waals surface area (Å²) in [4.78, 5) is 0. The fraction of sp³-hybridized carbons (Fsp3) is 0.333. The van der Waals surface area contributed by atoms with Crippen LogP contribution in [0.15, 0.2) is 12.1 Å². The first-order chi connectivity index (χ1) is 7.33. The molecule has 0 atom stereocenters. The van der Waals surface area contributed by atoms with Gasteiger partial charge < -0.3 is 4.74 Å². The normalized spacial score (nSPS) is 11.5. The van der Waals surface area contributed by atoms with Gasteiger partial charge in [-0.3, -0.25) is 0 Å². The van der Waals surface area contributed by atoms with Crippen molar-refractivity contribution in [3.05, 3.63) is 29.3 Å². The zero-order chi connectivity index (χ0) is 12.3. The van der Waals surface area contributed by atoms with Gasteiger partial charge >= 0.3 is 0 Å². The molecule has 3 nitrogen and oxygen atoms in total. The zero-order valence-electron chi connectivity index (χ0n) is 8.34. The number of rotatable bonds is 4. The predicted octanol–water partition coefficient (Wildman–Crippen LogP) is 2.08. The molecule has 0 unspecified atom stereocenters. The van der Waals surface area contributed by atoms with Gasteiger partial charge in [-0.2, -0.15) is 0 Å². The lowest BCUT2D eigenvalue weighted by Crippen LogP contribution is -2.04. The summed E-state index contributed by atoms with van der Waals surface area (Å²) in [6.07, 6.45) is -0.107. The Morgan fingerprint density at radius 2 is 2.00 bits per heavy atom. The third kappa shape index (κ3) is 3.61. The summed E-state index contributed by atoms with van der Waals surface area (Å²) >= 11 is 0. The maximum atomic E-state index is 13.2. The quantitative estimate of drug-likeness (QED) is 0.787. The zero-order valence-corrected chi connectivity index (χ0v) is 9.91. The van der Waals surface area contributed by atoms with E-state index in [1.54, 1.807) is 0 Å². The van der Waals surface area contributed by atoms with Crippen LogP contribution in [0.3, 0.4) is 0 Å². The van der Waals surface area contributed by atoms with Crippen molar-refractivity contribution < 1.29 is 21.9 Å². The van der Waals surface area contributed by atoms with Crippen molar-refractivity contribution >= 4 is 19.7 Å². The van der Waals surface area contributed by atoms with E-state index in [4.69, 9.17) is 15.4 Å².